The molecule has 1 heterocycles. The lowest BCUT2D eigenvalue weighted by Gasteiger charge is -2.50. The van der Waals surface area contributed by atoms with Gasteiger partial charge in [0.25, 0.3) is 0 Å². The van der Waals surface area contributed by atoms with Gasteiger partial charge in [0, 0.05) is 50.0 Å². The molecule has 9 heteroatoms. The fourth-order valence-electron chi connectivity index (χ4n) is 5.77. The number of nitrogens with zero attached hydrogens (tertiary/aromatic N) is 2. The van der Waals surface area contributed by atoms with Crippen LogP contribution in [0.2, 0.25) is 0 Å². The van der Waals surface area contributed by atoms with E-state index in [9.17, 15) is 17.6 Å². The van der Waals surface area contributed by atoms with E-state index < -0.39 is 15.8 Å². The van der Waals surface area contributed by atoms with Crippen LogP contribution >= 0.6 is 12.6 Å². The molecule has 3 aliphatic rings. The van der Waals surface area contributed by atoms with E-state index in [1.54, 1.807) is 4.31 Å². The van der Waals surface area contributed by atoms with E-state index in [4.69, 9.17) is 4.74 Å². The van der Waals surface area contributed by atoms with Crippen LogP contribution in [0.4, 0.5) is 4.39 Å². The number of methoxy groups -OCH3 is 1. The van der Waals surface area contributed by atoms with Crippen LogP contribution in [0.25, 0.3) is 0 Å². The molecule has 6 nitrogen and oxygen atoms in total. The first-order chi connectivity index (χ1) is 16.3. The van der Waals surface area contributed by atoms with Gasteiger partial charge < -0.3 is 4.74 Å². The Morgan fingerprint density at radius 1 is 1.15 bits per heavy atom. The smallest absolute Gasteiger partial charge is 0.214 e. The van der Waals surface area contributed by atoms with Crippen molar-refractivity contribution >= 4 is 28.4 Å². The van der Waals surface area contributed by atoms with Crippen LogP contribution in [0, 0.1) is 11.7 Å². The Hall–Kier alpha value is -1.16. The Bertz CT molecular complexity index is 958. The summed E-state index contributed by atoms with van der Waals surface area (Å²) in [5, 5.41) is 0. The van der Waals surface area contributed by atoms with Gasteiger partial charge in [-0.2, -0.15) is 16.9 Å². The zero-order valence-electron chi connectivity index (χ0n) is 20.1. The molecule has 0 amide bonds. The number of hydrogen-bond acceptors (Lipinski definition) is 6. The molecule has 1 aromatic rings. The average Bonchev–Trinajstić information content (AvgIpc) is 3.66. The van der Waals surface area contributed by atoms with Gasteiger partial charge in [-0.15, -0.1) is 0 Å². The monoisotopic (exact) mass is 512 g/mol. The third-order valence-corrected chi connectivity index (χ3v) is 10.3. The topological polar surface area (TPSA) is 66.9 Å². The predicted octanol–water partition coefficient (Wildman–Crippen LogP) is 4.29. The number of rotatable bonds is 10. The highest BCUT2D eigenvalue weighted by atomic mass is 32.2. The zero-order valence-corrected chi connectivity index (χ0v) is 21.8. The van der Waals surface area contributed by atoms with Crippen molar-refractivity contribution in [1.82, 2.24) is 9.21 Å². The lowest BCUT2D eigenvalue weighted by Crippen LogP contribution is -2.59. The maximum absolute atomic E-state index is 13.9. The van der Waals surface area contributed by atoms with Crippen molar-refractivity contribution < 1.29 is 22.3 Å². The Morgan fingerprint density at radius 3 is 2.41 bits per heavy atom. The van der Waals surface area contributed by atoms with E-state index >= 15 is 0 Å². The number of hydrogen-bond donors (Lipinski definition) is 1. The van der Waals surface area contributed by atoms with Gasteiger partial charge in [-0.05, 0) is 49.7 Å². The van der Waals surface area contributed by atoms with E-state index in [2.05, 4.69) is 17.5 Å². The van der Waals surface area contributed by atoms with Crippen LogP contribution in [-0.2, 0) is 15.8 Å². The molecule has 0 atom stereocenters. The number of carbonyl (C=O) groups is 1. The maximum Gasteiger partial charge on any atom is 0.214 e. The molecule has 0 radical (unpaired) electrons. The Morgan fingerprint density at radius 2 is 1.82 bits per heavy atom. The molecule has 0 aromatic heterocycles. The Labute approximate surface area is 208 Å². The second-order valence-corrected chi connectivity index (χ2v) is 12.4. The summed E-state index contributed by atoms with van der Waals surface area (Å²) < 4.78 is 46.4. The fourth-order valence-corrected chi connectivity index (χ4v) is 7.88. The summed E-state index contributed by atoms with van der Waals surface area (Å²) in [6, 6.07) is 2.62. The predicted molar refractivity (Wildman–Crippen MR) is 135 cm³/mol. The number of halogens is 1. The number of carbonyl (C=O) groups excluding carboxylic acids is 1. The van der Waals surface area contributed by atoms with E-state index in [1.165, 1.54) is 25.7 Å². The van der Waals surface area contributed by atoms with Gasteiger partial charge in [0.1, 0.15) is 11.6 Å². The molecular formula is C25H37FN2O4S2. The van der Waals surface area contributed by atoms with Gasteiger partial charge in [-0.3, -0.25) is 9.69 Å². The molecule has 1 aromatic carbocycles. The van der Waals surface area contributed by atoms with Crippen molar-refractivity contribution in [3.8, 4) is 5.75 Å². The number of Topliss-reactive ketones (excluding diaryl/α,β-unsaturated/α-hetero) is 1. The van der Waals surface area contributed by atoms with E-state index in [1.807, 2.05) is 0 Å². The van der Waals surface area contributed by atoms with E-state index in [0.29, 0.717) is 61.8 Å². The summed E-state index contributed by atoms with van der Waals surface area (Å²) in [6.07, 6.45) is 8.61. The van der Waals surface area contributed by atoms with Crippen LogP contribution < -0.4 is 4.74 Å². The van der Waals surface area contributed by atoms with Gasteiger partial charge in [-0.1, -0.05) is 19.3 Å². The first-order valence-corrected chi connectivity index (χ1v) is 14.8. The highest BCUT2D eigenvalue weighted by Gasteiger charge is 2.41. The quantitative estimate of drug-likeness (QED) is 0.374. The zero-order chi connectivity index (χ0) is 24.3. The van der Waals surface area contributed by atoms with Crippen LogP contribution in [-0.4, -0.2) is 68.0 Å². The van der Waals surface area contributed by atoms with Gasteiger partial charge in [-0.25, -0.2) is 12.8 Å². The van der Waals surface area contributed by atoms with Crippen molar-refractivity contribution in [2.45, 2.75) is 69.1 Å². The minimum Gasteiger partial charge on any atom is -0.496 e. The minimum absolute atomic E-state index is 0.0449. The summed E-state index contributed by atoms with van der Waals surface area (Å²) in [5.41, 5.74) is 0.896. The van der Waals surface area contributed by atoms with E-state index in [0.717, 1.165) is 38.5 Å². The number of piperazine rings is 1. The maximum atomic E-state index is 13.9. The summed E-state index contributed by atoms with van der Waals surface area (Å²) in [6.45, 7) is 2.47. The summed E-state index contributed by atoms with van der Waals surface area (Å²) in [4.78, 5) is 15.8. The third kappa shape index (κ3) is 5.79. The Kier molecular flexibility index (Phi) is 8.27. The number of ether oxygens (including phenoxy) is 1. The standard InChI is InChI=1S/C25H37FN2O4S2/c1-32-23-16-21(26)15-20(17-33)24(23)22(29)7-10-25(8-3-2-4-9-25)27-11-13-28(14-12-27)34(30,31)18-19-5-6-19/h15-16,19,33H,2-14,17-18H2,1H3. The van der Waals surface area contributed by atoms with Crippen LogP contribution in [0.1, 0.15) is 73.7 Å². The highest BCUT2D eigenvalue weighted by Crippen LogP contribution is 2.39. The van der Waals surface area contributed by atoms with Crippen LogP contribution in [0.3, 0.4) is 0 Å². The van der Waals surface area contributed by atoms with Crippen molar-refractivity contribution in [1.29, 1.82) is 0 Å². The van der Waals surface area contributed by atoms with Gasteiger partial charge in [0.2, 0.25) is 10.0 Å². The third-order valence-electron chi connectivity index (χ3n) is 7.87. The molecule has 0 spiro atoms. The van der Waals surface area contributed by atoms with Crippen LogP contribution in [0.15, 0.2) is 12.1 Å². The molecule has 1 aliphatic heterocycles. The molecule has 0 unspecified atom stereocenters. The second-order valence-electron chi connectivity index (χ2n) is 10.1. The number of sulfonamides is 1. The largest absolute Gasteiger partial charge is 0.496 e. The summed E-state index contributed by atoms with van der Waals surface area (Å²) >= 11 is 4.30. The molecule has 1 saturated heterocycles. The number of thiol groups is 1. The second kappa shape index (κ2) is 10.8. The number of ketones is 1. The van der Waals surface area contributed by atoms with Crippen molar-refractivity contribution in [3.63, 3.8) is 0 Å². The SMILES string of the molecule is COc1cc(F)cc(CS)c1C(=O)CCC1(N2CCN(S(=O)(=O)CC3CC3)CC2)CCCCC1. The molecule has 4 rings (SSSR count). The van der Waals surface area contributed by atoms with Crippen molar-refractivity contribution in [2.24, 2.45) is 5.92 Å². The van der Waals surface area contributed by atoms with E-state index in [-0.39, 0.29) is 22.8 Å². The van der Waals surface area contributed by atoms with Gasteiger partial charge in [0.15, 0.2) is 5.78 Å². The first kappa shape index (κ1) is 25.9. The number of benzene rings is 1. The normalized spacial score (nSPS) is 22.0. The summed E-state index contributed by atoms with van der Waals surface area (Å²) in [7, 11) is -1.72. The highest BCUT2D eigenvalue weighted by molar-refractivity contribution is 7.89. The van der Waals surface area contributed by atoms with Gasteiger partial charge >= 0.3 is 0 Å². The van der Waals surface area contributed by atoms with Crippen LogP contribution in [0.5, 0.6) is 5.75 Å². The Balaban J connectivity index is 1.45. The molecule has 2 aliphatic carbocycles. The molecule has 2 saturated carbocycles. The minimum atomic E-state index is -3.17. The lowest BCUT2D eigenvalue weighted by atomic mass is 9.76. The molecule has 190 valence electrons. The summed E-state index contributed by atoms with van der Waals surface area (Å²) in [5.74, 6) is 0.690. The van der Waals surface area contributed by atoms with Crippen molar-refractivity contribution in [2.75, 3.05) is 39.0 Å². The molecule has 0 bridgehead atoms. The van der Waals surface area contributed by atoms with Gasteiger partial charge in [0.05, 0.1) is 18.4 Å². The molecule has 3 fully saturated rings. The molecule has 0 N–H and O–H groups in total. The first-order valence-electron chi connectivity index (χ1n) is 12.5. The average molecular weight is 513 g/mol. The molecular weight excluding hydrogens is 475 g/mol. The molecule has 34 heavy (non-hydrogen) atoms. The fraction of sp³-hybridized carbons (Fsp3) is 0.720. The van der Waals surface area contributed by atoms with Crippen molar-refractivity contribution in [3.05, 3.63) is 29.1 Å². The lowest BCUT2D eigenvalue weighted by molar-refractivity contribution is 0.0165.